The number of methoxy groups -OCH3 is 1. The molecule has 0 radical (unpaired) electrons. The van der Waals surface area contributed by atoms with Gasteiger partial charge in [0.05, 0.1) is 36.2 Å². The van der Waals surface area contributed by atoms with Crippen LogP contribution in [0, 0.1) is 5.82 Å². The van der Waals surface area contributed by atoms with Crippen LogP contribution in [0.15, 0.2) is 71.9 Å². The molecule has 0 saturated heterocycles. The fourth-order valence-corrected chi connectivity index (χ4v) is 4.10. The van der Waals surface area contributed by atoms with E-state index in [2.05, 4.69) is 10.3 Å². The molecule has 0 aliphatic carbocycles. The van der Waals surface area contributed by atoms with Crippen LogP contribution < -0.4 is 10.1 Å². The van der Waals surface area contributed by atoms with Gasteiger partial charge in [-0.3, -0.25) is 4.99 Å². The van der Waals surface area contributed by atoms with Gasteiger partial charge in [0.15, 0.2) is 0 Å². The van der Waals surface area contributed by atoms with E-state index in [4.69, 9.17) is 31.4 Å². The molecule has 9 heteroatoms. The zero-order valence-corrected chi connectivity index (χ0v) is 19.2. The van der Waals surface area contributed by atoms with Gasteiger partial charge in [-0.05, 0) is 48.5 Å². The zero-order chi connectivity index (χ0) is 24.5. The molecule has 0 bridgehead atoms. The normalized spacial score (nSPS) is 11.8. The predicted octanol–water partition coefficient (Wildman–Crippen LogP) is 6.37. The number of ether oxygens (including phenoxy) is 1. The molecule has 36 heavy (non-hydrogen) atoms. The third-order valence-corrected chi connectivity index (χ3v) is 5.82. The molecule has 5 rings (SSSR count). The summed E-state index contributed by atoms with van der Waals surface area (Å²) in [5.41, 5.74) is 4.19. The van der Waals surface area contributed by atoms with Crippen molar-refractivity contribution in [2.75, 3.05) is 12.4 Å². The molecule has 0 saturated carbocycles. The third kappa shape index (κ3) is 4.63. The second kappa shape index (κ2) is 10.1. The minimum atomic E-state index is -1.00. The first-order chi connectivity index (χ1) is 16.9. The average molecular weight is 505 g/mol. The lowest BCUT2D eigenvalue weighted by atomic mass is 9.94. The minimum absolute atomic E-state index is 0. The number of rotatable bonds is 5. The lowest BCUT2D eigenvalue weighted by molar-refractivity contribution is 0.0697. The van der Waals surface area contributed by atoms with E-state index >= 15 is 0 Å². The van der Waals surface area contributed by atoms with Crippen LogP contribution in [-0.2, 0) is 6.54 Å². The van der Waals surface area contributed by atoms with Crippen LogP contribution in [-0.4, -0.2) is 33.9 Å². The van der Waals surface area contributed by atoms with Gasteiger partial charge in [-0.25, -0.2) is 19.2 Å². The molecule has 2 heterocycles. The summed E-state index contributed by atoms with van der Waals surface area (Å²) in [6.07, 6.45) is 1.67. The number of aromatic carboxylic acids is 1. The highest BCUT2D eigenvalue weighted by Crippen LogP contribution is 2.36. The van der Waals surface area contributed by atoms with Gasteiger partial charge in [-0.1, -0.05) is 31.2 Å². The van der Waals surface area contributed by atoms with E-state index in [0.29, 0.717) is 39.4 Å². The maximum absolute atomic E-state index is 15.0. The van der Waals surface area contributed by atoms with Crippen molar-refractivity contribution in [1.82, 2.24) is 9.97 Å². The Morgan fingerprint density at radius 3 is 2.61 bits per heavy atom. The summed E-state index contributed by atoms with van der Waals surface area (Å²) in [5, 5.41) is 12.7. The van der Waals surface area contributed by atoms with Crippen LogP contribution in [0.4, 0.5) is 16.0 Å². The summed E-state index contributed by atoms with van der Waals surface area (Å²) in [6, 6.07) is 16.2. The third-order valence-electron chi connectivity index (χ3n) is 5.58. The van der Waals surface area contributed by atoms with Crippen molar-refractivity contribution in [3.8, 4) is 17.0 Å². The van der Waals surface area contributed by atoms with Crippen LogP contribution in [0.25, 0.3) is 11.3 Å². The monoisotopic (exact) mass is 504 g/mol. The van der Waals surface area contributed by atoms with E-state index < -0.39 is 11.8 Å². The van der Waals surface area contributed by atoms with Gasteiger partial charge >= 0.3 is 5.97 Å². The van der Waals surface area contributed by atoms with Crippen molar-refractivity contribution in [3.63, 3.8) is 0 Å². The number of aliphatic imine (C=N–C) groups is 1. The summed E-state index contributed by atoms with van der Waals surface area (Å²) in [6.45, 7) is 0.224. The number of nitrogens with zero attached hydrogens (tertiary/aromatic N) is 3. The minimum Gasteiger partial charge on any atom is -0.496 e. The first kappa shape index (κ1) is 24.8. The lowest BCUT2D eigenvalue weighted by Crippen LogP contribution is -2.09. The second-order valence-corrected chi connectivity index (χ2v) is 8.18. The molecule has 3 aromatic carbocycles. The molecule has 0 fully saturated rings. The van der Waals surface area contributed by atoms with E-state index in [-0.39, 0.29) is 25.1 Å². The SMILES string of the molecule is C.COc1cccc(F)c1C1=NCc2cnc(Nc3ccc(C(=O)O)cc3)nc2-c2ccc(Cl)cc21. The zero-order valence-electron chi connectivity index (χ0n) is 18.4. The highest BCUT2D eigenvalue weighted by atomic mass is 35.5. The van der Waals surface area contributed by atoms with Crippen molar-refractivity contribution in [3.05, 3.63) is 100.0 Å². The van der Waals surface area contributed by atoms with Crippen molar-refractivity contribution >= 4 is 34.9 Å². The van der Waals surface area contributed by atoms with Crippen molar-refractivity contribution < 1.29 is 19.0 Å². The summed E-state index contributed by atoms with van der Waals surface area (Å²) in [5.74, 6) is -0.785. The smallest absolute Gasteiger partial charge is 0.335 e. The Labute approximate surface area is 212 Å². The Hall–Kier alpha value is -4.30. The second-order valence-electron chi connectivity index (χ2n) is 7.75. The number of anilines is 2. The topological polar surface area (TPSA) is 96.7 Å². The van der Waals surface area contributed by atoms with Gasteiger partial charge in [0.1, 0.15) is 11.6 Å². The standard InChI is InChI=1S/C26H18ClFN4O3.CH4/c1-35-21-4-2-3-20(28)22(21)24-19-11-16(27)7-10-18(19)23-15(12-29-24)13-30-26(32-23)31-17-8-5-14(6-9-17)25(33)34;/h2-11,13H,12H2,1H3,(H,33,34)(H,30,31,32);1H4. The van der Waals surface area contributed by atoms with E-state index in [0.717, 1.165) is 11.1 Å². The molecule has 7 nitrogen and oxygen atoms in total. The Kier molecular flexibility index (Phi) is 6.98. The Balaban J connectivity index is 0.00000304. The van der Waals surface area contributed by atoms with Crippen LogP contribution >= 0.6 is 11.6 Å². The van der Waals surface area contributed by atoms with E-state index in [1.807, 2.05) is 6.07 Å². The van der Waals surface area contributed by atoms with Gasteiger partial charge in [0.2, 0.25) is 5.95 Å². The quantitative estimate of drug-likeness (QED) is 0.327. The number of carboxylic acid groups (broad SMARTS) is 1. The number of hydrogen-bond donors (Lipinski definition) is 2. The molecule has 1 aromatic heterocycles. The number of carboxylic acids is 1. The van der Waals surface area contributed by atoms with Gasteiger partial charge in [-0.15, -0.1) is 0 Å². The van der Waals surface area contributed by atoms with Crippen molar-refractivity contribution in [1.29, 1.82) is 0 Å². The fraction of sp³-hybridized carbons (Fsp3) is 0.111. The number of hydrogen-bond acceptors (Lipinski definition) is 6. The highest BCUT2D eigenvalue weighted by Gasteiger charge is 2.25. The van der Waals surface area contributed by atoms with Crippen LogP contribution in [0.3, 0.4) is 0 Å². The molecule has 0 spiro atoms. The Morgan fingerprint density at radius 1 is 1.11 bits per heavy atom. The number of benzene rings is 3. The van der Waals surface area contributed by atoms with Gasteiger partial charge < -0.3 is 15.2 Å². The molecule has 0 atom stereocenters. The first-order valence-corrected chi connectivity index (χ1v) is 11.0. The van der Waals surface area contributed by atoms with E-state index in [1.165, 1.54) is 25.3 Å². The van der Waals surface area contributed by atoms with E-state index in [9.17, 15) is 9.18 Å². The molecular formula is C27H22ClFN4O3. The van der Waals surface area contributed by atoms with Gasteiger partial charge in [0, 0.05) is 33.6 Å². The number of fused-ring (bicyclic) bond motifs is 3. The molecular weight excluding hydrogens is 483 g/mol. The molecule has 0 amide bonds. The van der Waals surface area contributed by atoms with Crippen LogP contribution in [0.2, 0.25) is 5.02 Å². The number of aromatic nitrogens is 2. The molecule has 2 N–H and O–H groups in total. The maximum Gasteiger partial charge on any atom is 0.335 e. The average Bonchev–Trinajstić information content (AvgIpc) is 3.00. The van der Waals surface area contributed by atoms with Crippen LogP contribution in [0.5, 0.6) is 5.75 Å². The lowest BCUT2D eigenvalue weighted by Gasteiger charge is -2.15. The maximum atomic E-state index is 15.0. The predicted molar refractivity (Wildman–Crippen MR) is 138 cm³/mol. The summed E-state index contributed by atoms with van der Waals surface area (Å²) in [4.78, 5) is 24.9. The number of nitrogens with one attached hydrogen (secondary N) is 1. The number of halogens is 2. The van der Waals surface area contributed by atoms with Crippen molar-refractivity contribution in [2.24, 2.45) is 4.99 Å². The first-order valence-electron chi connectivity index (χ1n) is 10.6. The molecule has 1 aliphatic rings. The summed E-state index contributed by atoms with van der Waals surface area (Å²) in [7, 11) is 1.48. The van der Waals surface area contributed by atoms with E-state index in [1.54, 1.807) is 42.6 Å². The largest absolute Gasteiger partial charge is 0.496 e. The van der Waals surface area contributed by atoms with Gasteiger partial charge in [-0.2, -0.15) is 0 Å². The number of carbonyl (C=O) groups is 1. The van der Waals surface area contributed by atoms with Crippen LogP contribution in [0.1, 0.15) is 34.5 Å². The highest BCUT2D eigenvalue weighted by molar-refractivity contribution is 6.31. The molecule has 4 aromatic rings. The van der Waals surface area contributed by atoms with Crippen molar-refractivity contribution in [2.45, 2.75) is 14.0 Å². The Morgan fingerprint density at radius 2 is 1.89 bits per heavy atom. The molecule has 0 unspecified atom stereocenters. The molecule has 182 valence electrons. The summed E-state index contributed by atoms with van der Waals surface area (Å²) >= 11 is 6.33. The summed E-state index contributed by atoms with van der Waals surface area (Å²) < 4.78 is 20.4. The Bertz CT molecular complexity index is 1490. The fourth-order valence-electron chi connectivity index (χ4n) is 3.93. The van der Waals surface area contributed by atoms with Gasteiger partial charge in [0.25, 0.3) is 0 Å². The molecule has 1 aliphatic heterocycles.